The fraction of sp³-hybridized carbons (Fsp3) is 0.182. The molecule has 0 aliphatic rings. The minimum Gasteiger partial charge on any atom is -0.326 e. The molecule has 0 spiro atoms. The molecule has 0 saturated carbocycles. The number of carbonyl (C=O) groups is 2. The van der Waals surface area contributed by atoms with Gasteiger partial charge in [-0.2, -0.15) is 0 Å². The lowest BCUT2D eigenvalue weighted by Gasteiger charge is -2.22. The lowest BCUT2D eigenvalue weighted by Crippen LogP contribution is -2.19. The van der Waals surface area contributed by atoms with E-state index in [1.807, 2.05) is 36.9 Å². The van der Waals surface area contributed by atoms with Crippen LogP contribution in [0.25, 0.3) is 0 Å². The van der Waals surface area contributed by atoms with E-state index < -0.39 is 0 Å². The Bertz CT molecular complexity index is 1020. The quantitative estimate of drug-likeness (QED) is 0.661. The fourth-order valence-corrected chi connectivity index (χ4v) is 2.92. The summed E-state index contributed by atoms with van der Waals surface area (Å²) in [7, 11) is 0. The van der Waals surface area contributed by atoms with Gasteiger partial charge in [0, 0.05) is 30.5 Å². The third kappa shape index (κ3) is 5.16. The Morgan fingerprint density at radius 1 is 0.966 bits per heavy atom. The molecule has 2 aromatic carbocycles. The maximum atomic E-state index is 12.5. The van der Waals surface area contributed by atoms with Crippen molar-refractivity contribution in [2.24, 2.45) is 0 Å². The first-order chi connectivity index (χ1) is 14.0. The second-order valence-electron chi connectivity index (χ2n) is 6.56. The van der Waals surface area contributed by atoms with Gasteiger partial charge in [0.1, 0.15) is 5.69 Å². The Kier molecular flexibility index (Phi) is 6.19. The number of rotatable bonds is 6. The van der Waals surface area contributed by atoms with Crippen LogP contribution in [0.15, 0.2) is 60.9 Å². The lowest BCUT2D eigenvalue weighted by atomic mass is 10.2. The summed E-state index contributed by atoms with van der Waals surface area (Å²) in [5, 5.41) is 5.45. The highest BCUT2D eigenvalue weighted by atomic mass is 16.2. The molecule has 2 amide bonds. The molecular formula is C22H23N5O2. The number of benzene rings is 2. The van der Waals surface area contributed by atoms with E-state index >= 15 is 0 Å². The average molecular weight is 389 g/mol. The number of hydrogen-bond donors (Lipinski definition) is 2. The molecular weight excluding hydrogens is 366 g/mol. The van der Waals surface area contributed by atoms with Gasteiger partial charge in [-0.3, -0.25) is 9.59 Å². The number of nitrogens with one attached hydrogen (secondary N) is 2. The van der Waals surface area contributed by atoms with E-state index in [9.17, 15) is 9.59 Å². The van der Waals surface area contributed by atoms with E-state index in [0.29, 0.717) is 17.2 Å². The molecule has 29 heavy (non-hydrogen) atoms. The van der Waals surface area contributed by atoms with Gasteiger partial charge >= 0.3 is 0 Å². The Balaban J connectivity index is 1.74. The number of aryl methyl sites for hydroxylation is 1. The van der Waals surface area contributed by atoms with Crippen molar-refractivity contribution >= 4 is 34.7 Å². The fourth-order valence-electron chi connectivity index (χ4n) is 2.92. The Morgan fingerprint density at radius 2 is 1.69 bits per heavy atom. The summed E-state index contributed by atoms with van der Waals surface area (Å²) in [6.45, 7) is 6.22. The van der Waals surface area contributed by atoms with Crippen molar-refractivity contribution in [3.63, 3.8) is 0 Å². The van der Waals surface area contributed by atoms with Gasteiger partial charge in [0.2, 0.25) is 5.91 Å². The average Bonchev–Trinajstić information content (AvgIpc) is 2.69. The molecule has 0 atom stereocenters. The molecule has 0 unspecified atom stereocenters. The van der Waals surface area contributed by atoms with Gasteiger partial charge in [0.15, 0.2) is 5.82 Å². The van der Waals surface area contributed by atoms with Crippen LogP contribution in [0.4, 0.5) is 22.9 Å². The van der Waals surface area contributed by atoms with Crippen LogP contribution in [0.5, 0.6) is 0 Å². The molecule has 0 aliphatic heterocycles. The van der Waals surface area contributed by atoms with Gasteiger partial charge in [0.05, 0.1) is 12.4 Å². The van der Waals surface area contributed by atoms with E-state index in [1.165, 1.54) is 13.1 Å². The SMILES string of the molecule is CCN(c1cccc(C)c1)c1cnc(C(=O)Nc2cccc(NC(C)=O)c2)cn1. The topological polar surface area (TPSA) is 87.2 Å². The number of hydrogen-bond acceptors (Lipinski definition) is 5. The number of aromatic nitrogens is 2. The summed E-state index contributed by atoms with van der Waals surface area (Å²) < 4.78 is 0. The van der Waals surface area contributed by atoms with Crippen molar-refractivity contribution in [1.82, 2.24) is 9.97 Å². The van der Waals surface area contributed by atoms with E-state index in [0.717, 1.165) is 17.8 Å². The first-order valence-electron chi connectivity index (χ1n) is 9.31. The van der Waals surface area contributed by atoms with Crippen molar-refractivity contribution in [1.29, 1.82) is 0 Å². The van der Waals surface area contributed by atoms with Crippen LogP contribution in [0.3, 0.4) is 0 Å². The lowest BCUT2D eigenvalue weighted by molar-refractivity contribution is -0.114. The zero-order valence-electron chi connectivity index (χ0n) is 16.6. The van der Waals surface area contributed by atoms with E-state index in [2.05, 4.69) is 26.7 Å². The summed E-state index contributed by atoms with van der Waals surface area (Å²) in [6, 6.07) is 15.0. The zero-order chi connectivity index (χ0) is 20.8. The van der Waals surface area contributed by atoms with E-state index in [-0.39, 0.29) is 17.5 Å². The first-order valence-corrected chi connectivity index (χ1v) is 9.31. The maximum absolute atomic E-state index is 12.5. The maximum Gasteiger partial charge on any atom is 0.275 e. The van der Waals surface area contributed by atoms with Crippen LogP contribution in [0.1, 0.15) is 29.9 Å². The van der Waals surface area contributed by atoms with Gasteiger partial charge in [-0.05, 0) is 49.7 Å². The van der Waals surface area contributed by atoms with Crippen molar-refractivity contribution in [2.75, 3.05) is 22.1 Å². The molecule has 0 radical (unpaired) electrons. The molecule has 7 nitrogen and oxygen atoms in total. The highest BCUT2D eigenvalue weighted by Crippen LogP contribution is 2.23. The molecule has 2 N–H and O–H groups in total. The zero-order valence-corrected chi connectivity index (χ0v) is 16.6. The molecule has 0 aliphatic carbocycles. The van der Waals surface area contributed by atoms with Gasteiger partial charge in [-0.15, -0.1) is 0 Å². The van der Waals surface area contributed by atoms with Crippen molar-refractivity contribution in [3.8, 4) is 0 Å². The summed E-state index contributed by atoms with van der Waals surface area (Å²) in [5.41, 5.74) is 3.55. The van der Waals surface area contributed by atoms with Crippen LogP contribution < -0.4 is 15.5 Å². The summed E-state index contributed by atoms with van der Waals surface area (Å²) in [5.74, 6) is 0.119. The van der Waals surface area contributed by atoms with E-state index in [1.54, 1.807) is 30.5 Å². The molecule has 3 rings (SSSR count). The van der Waals surface area contributed by atoms with Crippen molar-refractivity contribution < 1.29 is 9.59 Å². The first kappa shape index (κ1) is 20.0. The highest BCUT2D eigenvalue weighted by Gasteiger charge is 2.13. The minimum absolute atomic E-state index is 0.177. The predicted molar refractivity (Wildman–Crippen MR) is 115 cm³/mol. The number of anilines is 4. The molecule has 1 aromatic heterocycles. The molecule has 0 fully saturated rings. The molecule has 7 heteroatoms. The van der Waals surface area contributed by atoms with Gasteiger partial charge < -0.3 is 15.5 Å². The molecule has 1 heterocycles. The Labute approximate surface area is 169 Å². The van der Waals surface area contributed by atoms with Crippen LogP contribution >= 0.6 is 0 Å². The molecule has 0 saturated heterocycles. The predicted octanol–water partition coefficient (Wildman–Crippen LogP) is 4.15. The van der Waals surface area contributed by atoms with E-state index in [4.69, 9.17) is 0 Å². The van der Waals surface area contributed by atoms with Crippen LogP contribution in [0.2, 0.25) is 0 Å². The Hall–Kier alpha value is -3.74. The molecule has 3 aromatic rings. The van der Waals surface area contributed by atoms with Crippen molar-refractivity contribution in [3.05, 3.63) is 72.2 Å². The molecule has 0 bridgehead atoms. The minimum atomic E-state index is -0.373. The number of carbonyl (C=O) groups excluding carboxylic acids is 2. The van der Waals surface area contributed by atoms with Crippen LogP contribution in [-0.2, 0) is 4.79 Å². The van der Waals surface area contributed by atoms with Crippen LogP contribution in [0, 0.1) is 6.92 Å². The second-order valence-corrected chi connectivity index (χ2v) is 6.56. The van der Waals surface area contributed by atoms with Crippen LogP contribution in [-0.4, -0.2) is 28.3 Å². The van der Waals surface area contributed by atoms with Gasteiger partial charge in [-0.25, -0.2) is 9.97 Å². The largest absolute Gasteiger partial charge is 0.326 e. The normalized spacial score (nSPS) is 10.3. The summed E-state index contributed by atoms with van der Waals surface area (Å²) in [6.07, 6.45) is 3.05. The number of amides is 2. The number of nitrogens with zero attached hydrogens (tertiary/aromatic N) is 3. The standard InChI is InChI=1S/C22H23N5O2/c1-4-27(19-10-5-7-15(2)11-19)21-14-23-20(13-24-21)22(29)26-18-9-6-8-17(12-18)25-16(3)28/h5-14H,4H2,1-3H3,(H,25,28)(H,26,29). The summed E-state index contributed by atoms with van der Waals surface area (Å²) >= 11 is 0. The highest BCUT2D eigenvalue weighted by molar-refractivity contribution is 6.03. The smallest absolute Gasteiger partial charge is 0.275 e. The second kappa shape index (κ2) is 8.97. The van der Waals surface area contributed by atoms with Gasteiger partial charge in [-0.1, -0.05) is 18.2 Å². The third-order valence-electron chi connectivity index (χ3n) is 4.22. The summed E-state index contributed by atoms with van der Waals surface area (Å²) in [4.78, 5) is 34.4. The molecule has 148 valence electrons. The third-order valence-corrected chi connectivity index (χ3v) is 4.22. The Morgan fingerprint density at radius 3 is 2.31 bits per heavy atom. The monoisotopic (exact) mass is 389 g/mol. The van der Waals surface area contributed by atoms with Crippen molar-refractivity contribution in [2.45, 2.75) is 20.8 Å². The van der Waals surface area contributed by atoms with Gasteiger partial charge in [0.25, 0.3) is 5.91 Å².